The van der Waals surface area contributed by atoms with Crippen LogP contribution in [0.2, 0.25) is 0 Å². The van der Waals surface area contributed by atoms with Crippen molar-refractivity contribution in [3.05, 3.63) is 215 Å². The van der Waals surface area contributed by atoms with E-state index in [1.54, 1.807) is 0 Å². The van der Waals surface area contributed by atoms with Crippen molar-refractivity contribution in [3.63, 3.8) is 0 Å². The summed E-state index contributed by atoms with van der Waals surface area (Å²) in [5.41, 5.74) is 9.63. The third-order valence-corrected chi connectivity index (χ3v) is 8.97. The number of fused-ring (bicyclic) bond motifs is 3. The van der Waals surface area contributed by atoms with Gasteiger partial charge in [0.25, 0.3) is 0 Å². The normalized spacial score (nSPS) is 11.6. The second kappa shape index (κ2) is 13.2. The van der Waals surface area contributed by atoms with Crippen LogP contribution < -0.4 is 0 Å². The Bertz CT molecular complexity index is 2440. The monoisotopic (exact) mass is 610 g/mol. The molecule has 0 heterocycles. The van der Waals surface area contributed by atoms with Crippen LogP contribution in [0.3, 0.4) is 0 Å². The molecule has 0 bridgehead atoms. The fourth-order valence-electron chi connectivity index (χ4n) is 6.40. The summed E-state index contributed by atoms with van der Waals surface area (Å²) in [6.45, 7) is 0. The largest absolute Gasteiger partial charge is 0.0622 e. The summed E-state index contributed by atoms with van der Waals surface area (Å²) >= 11 is 0. The number of hydrogen-bond donors (Lipinski definition) is 0. The second-order valence-corrected chi connectivity index (χ2v) is 12.3. The smallest absolute Gasteiger partial charge is 0.0105 e. The maximum absolute atomic E-state index is 2.29. The highest BCUT2D eigenvalue weighted by atomic mass is 14.1. The number of benzene rings is 8. The first kappa shape index (κ1) is 29.2. The molecule has 0 unspecified atom stereocenters. The van der Waals surface area contributed by atoms with E-state index in [1.165, 1.54) is 76.8 Å². The molecule has 0 N–H and O–H groups in total. The lowest BCUT2D eigenvalue weighted by atomic mass is 9.95. The third kappa shape index (κ3) is 6.51. The molecular weight excluding hydrogens is 577 g/mol. The van der Waals surface area contributed by atoms with Gasteiger partial charge in [-0.15, -0.1) is 0 Å². The van der Waals surface area contributed by atoms with Crippen LogP contribution in [0, 0.1) is 0 Å². The Hall–Kier alpha value is -6.24. The highest BCUT2D eigenvalue weighted by Gasteiger charge is 2.06. The second-order valence-electron chi connectivity index (χ2n) is 12.3. The minimum atomic E-state index is 1.19. The van der Waals surface area contributed by atoms with E-state index in [-0.39, 0.29) is 0 Å². The van der Waals surface area contributed by atoms with Gasteiger partial charge in [0, 0.05) is 0 Å². The van der Waals surface area contributed by atoms with Gasteiger partial charge < -0.3 is 0 Å². The van der Waals surface area contributed by atoms with Gasteiger partial charge in [-0.05, 0) is 113 Å². The van der Waals surface area contributed by atoms with E-state index >= 15 is 0 Å². The molecule has 0 nitrogen and oxygen atoms in total. The van der Waals surface area contributed by atoms with Crippen LogP contribution in [0.1, 0.15) is 38.9 Å². The van der Waals surface area contributed by atoms with E-state index < -0.39 is 0 Å². The average molecular weight is 611 g/mol. The van der Waals surface area contributed by atoms with Crippen molar-refractivity contribution in [1.82, 2.24) is 0 Å². The molecule has 0 saturated heterocycles. The first-order chi connectivity index (χ1) is 23.7. The van der Waals surface area contributed by atoms with Crippen molar-refractivity contribution in [2.75, 3.05) is 0 Å². The molecule has 0 fully saturated rings. The van der Waals surface area contributed by atoms with E-state index in [1.807, 2.05) is 0 Å². The first-order valence-electron chi connectivity index (χ1n) is 16.5. The van der Waals surface area contributed by atoms with Crippen molar-refractivity contribution in [3.8, 4) is 0 Å². The van der Waals surface area contributed by atoms with Crippen LogP contribution in [0.5, 0.6) is 0 Å². The number of hydrogen-bond acceptors (Lipinski definition) is 0. The molecule has 0 radical (unpaired) electrons. The zero-order chi connectivity index (χ0) is 32.1. The van der Waals surface area contributed by atoms with Crippen LogP contribution in [-0.4, -0.2) is 0 Å². The van der Waals surface area contributed by atoms with E-state index in [2.05, 4.69) is 206 Å². The summed E-state index contributed by atoms with van der Waals surface area (Å²) in [4.78, 5) is 0. The molecule has 8 rings (SSSR count). The van der Waals surface area contributed by atoms with Gasteiger partial charge in [0.1, 0.15) is 0 Å². The Morgan fingerprint density at radius 2 is 0.583 bits per heavy atom. The Labute approximate surface area is 282 Å². The Kier molecular flexibility index (Phi) is 8.05. The van der Waals surface area contributed by atoms with Crippen LogP contribution in [0.4, 0.5) is 0 Å². The summed E-state index contributed by atoms with van der Waals surface area (Å²) < 4.78 is 0. The molecule has 48 heavy (non-hydrogen) atoms. The topological polar surface area (TPSA) is 0 Å². The summed E-state index contributed by atoms with van der Waals surface area (Å²) in [7, 11) is 0. The summed E-state index contributed by atoms with van der Waals surface area (Å²) in [6.07, 6.45) is 11.1. The molecule has 8 aromatic rings. The fourth-order valence-corrected chi connectivity index (χ4v) is 6.40. The summed E-state index contributed by atoms with van der Waals surface area (Å²) in [6, 6.07) is 63.1. The van der Waals surface area contributed by atoms with Crippen LogP contribution in [-0.2, 0) is 0 Å². The van der Waals surface area contributed by atoms with E-state index in [9.17, 15) is 0 Å². The molecule has 0 heteroatoms. The van der Waals surface area contributed by atoms with Crippen molar-refractivity contribution >= 4 is 68.3 Å². The van der Waals surface area contributed by atoms with Gasteiger partial charge in [-0.2, -0.15) is 0 Å². The molecule has 0 aliphatic rings. The SMILES string of the molecule is C(=C(c1ccccc1)c1ccccc1)c1ccc2cc(/C=C/c3ccc4cc(/C=C/c5ccc6ccccc6c5)ccc4c3)ccc2c1. The van der Waals surface area contributed by atoms with Crippen LogP contribution in [0.25, 0.3) is 68.3 Å². The van der Waals surface area contributed by atoms with Crippen LogP contribution in [0.15, 0.2) is 176 Å². The average Bonchev–Trinajstić information content (AvgIpc) is 3.15. The van der Waals surface area contributed by atoms with E-state index in [0.29, 0.717) is 0 Å². The van der Waals surface area contributed by atoms with Gasteiger partial charge in [-0.3, -0.25) is 0 Å². The molecule has 8 aromatic carbocycles. The lowest BCUT2D eigenvalue weighted by Crippen LogP contribution is -1.88. The van der Waals surface area contributed by atoms with Gasteiger partial charge in [0.15, 0.2) is 0 Å². The van der Waals surface area contributed by atoms with Gasteiger partial charge >= 0.3 is 0 Å². The van der Waals surface area contributed by atoms with Crippen molar-refractivity contribution in [2.45, 2.75) is 0 Å². The van der Waals surface area contributed by atoms with Gasteiger partial charge in [0.05, 0.1) is 0 Å². The molecule has 226 valence electrons. The van der Waals surface area contributed by atoms with Crippen molar-refractivity contribution < 1.29 is 0 Å². The quantitative estimate of drug-likeness (QED) is 0.158. The maximum Gasteiger partial charge on any atom is -0.0105 e. The van der Waals surface area contributed by atoms with E-state index in [4.69, 9.17) is 0 Å². The van der Waals surface area contributed by atoms with Gasteiger partial charge in [-0.1, -0.05) is 170 Å². The first-order valence-corrected chi connectivity index (χ1v) is 16.5. The molecule has 0 aromatic heterocycles. The van der Waals surface area contributed by atoms with Gasteiger partial charge in [0.2, 0.25) is 0 Å². The summed E-state index contributed by atoms with van der Waals surface area (Å²) in [5.74, 6) is 0. The lowest BCUT2D eigenvalue weighted by Gasteiger charge is -2.10. The number of rotatable bonds is 7. The zero-order valence-corrected chi connectivity index (χ0v) is 26.6. The molecule has 0 amide bonds. The lowest BCUT2D eigenvalue weighted by molar-refractivity contribution is 1.55. The Morgan fingerprint density at radius 3 is 1.02 bits per heavy atom. The molecule has 0 spiro atoms. The fraction of sp³-hybridized carbons (Fsp3) is 0. The Balaban J connectivity index is 0.998. The van der Waals surface area contributed by atoms with Crippen LogP contribution >= 0.6 is 0 Å². The maximum atomic E-state index is 2.29. The third-order valence-electron chi connectivity index (χ3n) is 8.97. The highest BCUT2D eigenvalue weighted by molar-refractivity contribution is 5.95. The highest BCUT2D eigenvalue weighted by Crippen LogP contribution is 2.28. The molecule has 0 atom stereocenters. The molecule has 0 aliphatic heterocycles. The predicted molar refractivity (Wildman–Crippen MR) is 210 cm³/mol. The van der Waals surface area contributed by atoms with Gasteiger partial charge in [-0.25, -0.2) is 0 Å². The predicted octanol–water partition coefficient (Wildman–Crippen LogP) is 13.1. The minimum Gasteiger partial charge on any atom is -0.0622 e. The minimum absolute atomic E-state index is 1.19. The summed E-state index contributed by atoms with van der Waals surface area (Å²) in [5, 5.41) is 7.48. The molecular formula is C48H34. The van der Waals surface area contributed by atoms with Crippen molar-refractivity contribution in [1.29, 1.82) is 0 Å². The standard InChI is InChI=1S/C48H34/c1-3-10-41(11-4-1)48(42-12-5-2-6-13-42)34-39-23-28-46-32-38(22-27-47(46)33-39)18-17-37-21-26-44-30-36(20-25-45(44)31-37)16-15-35-19-24-40-9-7-8-14-43(40)29-35/h1-34H/b16-15+,18-17+. The van der Waals surface area contributed by atoms with E-state index in [0.717, 1.165) is 0 Å². The van der Waals surface area contributed by atoms with Crippen molar-refractivity contribution in [2.24, 2.45) is 0 Å². The Morgan fingerprint density at radius 1 is 0.271 bits per heavy atom. The molecule has 0 saturated carbocycles. The molecule has 0 aliphatic carbocycles. The zero-order valence-electron chi connectivity index (χ0n) is 26.6.